The summed E-state index contributed by atoms with van der Waals surface area (Å²) in [6.45, 7) is 1.23. The van der Waals surface area contributed by atoms with Crippen LogP contribution in [0.3, 0.4) is 0 Å². The molecule has 0 aliphatic heterocycles. The van der Waals surface area contributed by atoms with Crippen molar-refractivity contribution >= 4 is 22.2 Å². The van der Waals surface area contributed by atoms with Gasteiger partial charge in [-0.15, -0.1) is 11.3 Å². The molecular formula is C18H20N3O2S+. The number of hydrogen-bond acceptors (Lipinski definition) is 4. The molecule has 2 N–H and O–H groups in total. The number of methoxy groups -OCH3 is 1. The molecule has 1 saturated carbocycles. The van der Waals surface area contributed by atoms with Gasteiger partial charge < -0.3 is 15.0 Å². The summed E-state index contributed by atoms with van der Waals surface area (Å²) < 4.78 is 5.18. The summed E-state index contributed by atoms with van der Waals surface area (Å²) in [6.07, 6.45) is 2.34. The summed E-state index contributed by atoms with van der Waals surface area (Å²) >= 11 is 1.38. The molecule has 0 spiro atoms. The number of anilines is 1. The molecule has 1 aromatic carbocycles. The first-order valence-electron chi connectivity index (χ1n) is 7.94. The monoisotopic (exact) mass is 342 g/mol. The number of rotatable bonds is 7. The Morgan fingerprint density at radius 3 is 2.75 bits per heavy atom. The van der Waals surface area contributed by atoms with E-state index in [0.29, 0.717) is 23.2 Å². The van der Waals surface area contributed by atoms with Gasteiger partial charge in [0.05, 0.1) is 18.7 Å². The van der Waals surface area contributed by atoms with Crippen molar-refractivity contribution in [2.24, 2.45) is 0 Å². The van der Waals surface area contributed by atoms with Crippen LogP contribution in [0.15, 0.2) is 35.7 Å². The van der Waals surface area contributed by atoms with E-state index in [1.165, 1.54) is 34.6 Å². The van der Waals surface area contributed by atoms with Gasteiger partial charge in [0, 0.05) is 18.4 Å². The summed E-state index contributed by atoms with van der Waals surface area (Å²) in [7, 11) is 1.65. The van der Waals surface area contributed by atoms with Crippen LogP contribution in [0.25, 0.3) is 0 Å². The minimum Gasteiger partial charge on any atom is -0.497 e. The minimum absolute atomic E-state index is 0.0376. The molecule has 1 aromatic heterocycles. The first-order valence-corrected chi connectivity index (χ1v) is 8.82. The Kier molecular flexibility index (Phi) is 5.14. The number of ether oxygens (including phenoxy) is 1. The minimum atomic E-state index is -0.0376. The number of amides is 1. The maximum Gasteiger partial charge on any atom is 0.280 e. The molecule has 0 radical (unpaired) electrons. The Balaban J connectivity index is 1.61. The highest BCUT2D eigenvalue weighted by atomic mass is 32.1. The predicted octanol–water partition coefficient (Wildman–Crippen LogP) is 1.81. The van der Waals surface area contributed by atoms with Crippen LogP contribution in [0.4, 0.5) is 5.00 Å². The lowest BCUT2D eigenvalue weighted by molar-refractivity contribution is -0.916. The number of nitrogens with zero attached hydrogens (tertiary/aromatic N) is 1. The molecule has 6 heteroatoms. The molecule has 1 aliphatic rings. The van der Waals surface area contributed by atoms with Gasteiger partial charge in [0.25, 0.3) is 5.91 Å². The fourth-order valence-electron chi connectivity index (χ4n) is 2.72. The Morgan fingerprint density at radius 2 is 2.12 bits per heavy atom. The Morgan fingerprint density at radius 1 is 1.38 bits per heavy atom. The zero-order valence-electron chi connectivity index (χ0n) is 13.5. The normalized spacial score (nSPS) is 14.7. The maximum atomic E-state index is 12.4. The van der Waals surface area contributed by atoms with Crippen molar-refractivity contribution in [1.29, 1.82) is 5.26 Å². The number of carbonyl (C=O) groups is 1. The van der Waals surface area contributed by atoms with Crippen LogP contribution in [0.1, 0.15) is 24.0 Å². The first kappa shape index (κ1) is 16.5. The van der Waals surface area contributed by atoms with E-state index in [-0.39, 0.29) is 5.91 Å². The van der Waals surface area contributed by atoms with Crippen LogP contribution in [-0.2, 0) is 11.3 Å². The van der Waals surface area contributed by atoms with Crippen molar-refractivity contribution in [2.75, 3.05) is 19.0 Å². The summed E-state index contributed by atoms with van der Waals surface area (Å²) in [6, 6.07) is 12.4. The third-order valence-corrected chi connectivity index (χ3v) is 5.00. The SMILES string of the molecule is COc1ccc(C[NH+](CC(=O)Nc2sccc2C#N)C2CC2)cc1. The molecule has 0 saturated heterocycles. The molecule has 2 aromatic rings. The number of benzene rings is 1. The number of carbonyl (C=O) groups excluding carboxylic acids is 1. The van der Waals surface area contributed by atoms with Gasteiger partial charge in [0.2, 0.25) is 0 Å². The molecule has 1 heterocycles. The van der Waals surface area contributed by atoms with Crippen molar-refractivity contribution in [3.05, 3.63) is 46.8 Å². The van der Waals surface area contributed by atoms with Crippen LogP contribution >= 0.6 is 11.3 Å². The second kappa shape index (κ2) is 7.47. The molecular weight excluding hydrogens is 322 g/mol. The maximum absolute atomic E-state index is 12.4. The number of quaternary nitrogens is 1. The third-order valence-electron chi connectivity index (χ3n) is 4.17. The van der Waals surface area contributed by atoms with E-state index in [2.05, 4.69) is 11.4 Å². The highest BCUT2D eigenvalue weighted by Gasteiger charge is 2.34. The average molecular weight is 342 g/mol. The fourth-order valence-corrected chi connectivity index (χ4v) is 3.47. The van der Waals surface area contributed by atoms with Crippen molar-refractivity contribution in [3.8, 4) is 11.8 Å². The quantitative estimate of drug-likeness (QED) is 0.806. The lowest BCUT2D eigenvalue weighted by atomic mass is 10.2. The molecule has 3 rings (SSSR count). The van der Waals surface area contributed by atoms with Crippen molar-refractivity contribution in [2.45, 2.75) is 25.4 Å². The topological polar surface area (TPSA) is 66.6 Å². The average Bonchev–Trinajstić information content (AvgIpc) is 3.35. The summed E-state index contributed by atoms with van der Waals surface area (Å²) in [5.74, 6) is 0.801. The highest BCUT2D eigenvalue weighted by Crippen LogP contribution is 2.22. The van der Waals surface area contributed by atoms with Gasteiger partial charge in [-0.25, -0.2) is 0 Å². The highest BCUT2D eigenvalue weighted by molar-refractivity contribution is 7.14. The fraction of sp³-hybridized carbons (Fsp3) is 0.333. The van der Waals surface area contributed by atoms with Crippen molar-refractivity contribution in [1.82, 2.24) is 0 Å². The number of nitriles is 1. The van der Waals surface area contributed by atoms with E-state index >= 15 is 0 Å². The molecule has 1 amide bonds. The van der Waals surface area contributed by atoms with E-state index in [4.69, 9.17) is 10.00 Å². The molecule has 1 aliphatic carbocycles. The summed E-state index contributed by atoms with van der Waals surface area (Å²) in [4.78, 5) is 13.6. The second-order valence-electron chi connectivity index (χ2n) is 5.96. The smallest absolute Gasteiger partial charge is 0.280 e. The standard InChI is InChI=1S/C18H19N3O2S/c1-23-16-6-2-13(3-7-16)11-21(15-4-5-15)12-17(22)20-18-14(10-19)8-9-24-18/h2-3,6-9,15H,4-5,11-12H2,1H3,(H,20,22)/p+1. The van der Waals surface area contributed by atoms with Crippen molar-refractivity contribution < 1.29 is 14.4 Å². The van der Waals surface area contributed by atoms with Gasteiger partial charge in [-0.2, -0.15) is 5.26 Å². The van der Waals surface area contributed by atoms with Crippen LogP contribution in [0.2, 0.25) is 0 Å². The van der Waals surface area contributed by atoms with E-state index < -0.39 is 0 Å². The van der Waals surface area contributed by atoms with E-state index in [1.54, 1.807) is 13.2 Å². The number of thiophene rings is 1. The van der Waals surface area contributed by atoms with Crippen molar-refractivity contribution in [3.63, 3.8) is 0 Å². The zero-order valence-corrected chi connectivity index (χ0v) is 14.4. The molecule has 1 unspecified atom stereocenters. The number of nitrogens with one attached hydrogen (secondary N) is 2. The Hall–Kier alpha value is -2.36. The lowest BCUT2D eigenvalue weighted by Gasteiger charge is -2.19. The lowest BCUT2D eigenvalue weighted by Crippen LogP contribution is -3.13. The van der Waals surface area contributed by atoms with Gasteiger partial charge in [-0.1, -0.05) is 0 Å². The second-order valence-corrected chi connectivity index (χ2v) is 6.87. The summed E-state index contributed by atoms with van der Waals surface area (Å²) in [5, 5.41) is 14.4. The van der Waals surface area contributed by atoms with Gasteiger partial charge in [0.15, 0.2) is 6.54 Å². The predicted molar refractivity (Wildman–Crippen MR) is 93.2 cm³/mol. The van der Waals surface area contributed by atoms with Gasteiger partial charge in [-0.3, -0.25) is 4.79 Å². The first-order chi connectivity index (χ1) is 11.7. The largest absolute Gasteiger partial charge is 0.497 e. The van der Waals surface area contributed by atoms with Crippen LogP contribution in [0, 0.1) is 11.3 Å². The number of hydrogen-bond donors (Lipinski definition) is 2. The Bertz CT molecular complexity index is 744. The van der Waals surface area contributed by atoms with Crippen LogP contribution < -0.4 is 15.0 Å². The molecule has 1 atom stereocenters. The van der Waals surface area contributed by atoms with Crippen LogP contribution in [-0.4, -0.2) is 25.6 Å². The third kappa shape index (κ3) is 4.13. The molecule has 24 heavy (non-hydrogen) atoms. The molecule has 1 fully saturated rings. The molecule has 5 nitrogen and oxygen atoms in total. The zero-order chi connectivity index (χ0) is 16.9. The van der Waals surface area contributed by atoms with Gasteiger partial charge >= 0.3 is 0 Å². The Labute approximate surface area is 145 Å². The summed E-state index contributed by atoms with van der Waals surface area (Å²) in [5.41, 5.74) is 1.72. The van der Waals surface area contributed by atoms with E-state index in [9.17, 15) is 4.79 Å². The van der Waals surface area contributed by atoms with Crippen LogP contribution in [0.5, 0.6) is 5.75 Å². The van der Waals surface area contributed by atoms with Gasteiger partial charge in [0.1, 0.15) is 23.4 Å². The van der Waals surface area contributed by atoms with Gasteiger partial charge in [-0.05, 0) is 35.7 Å². The molecule has 124 valence electrons. The van der Waals surface area contributed by atoms with E-state index in [0.717, 1.165) is 12.3 Å². The molecule has 0 bridgehead atoms. The van der Waals surface area contributed by atoms with E-state index in [1.807, 2.05) is 29.6 Å².